The molecule has 60 heavy (non-hydrogen) atoms. The minimum atomic E-state index is -1.02. The van der Waals surface area contributed by atoms with Crippen LogP contribution in [0.3, 0.4) is 0 Å². The van der Waals surface area contributed by atoms with E-state index in [0.29, 0.717) is 12.8 Å². The standard InChI is InChI=1S/C54H87NO5/c1-3-5-7-9-11-13-15-17-19-20-21-22-23-24-25-26-28-30-32-34-36-41-45-49-54(59)60-51(47-43-39-37-40-44-48-52(56)55-50-53(57)58)46-42-38-35-33-31-29-27-18-16-14-12-10-8-6-4-2/h5-8,11-14,17-19,21-22,24-25,27,31,33,51H,3-4,9-10,15-16,20,23,26,28-30,32,34-50H2,1-2H3,(H,55,56)(H,57,58)/b7-5-,8-6-,13-11-,14-12-,19-17-,22-21-,25-24-,27-18-,33-31-. The van der Waals surface area contributed by atoms with Crippen molar-refractivity contribution in [1.29, 1.82) is 0 Å². The number of rotatable bonds is 42. The predicted octanol–water partition coefficient (Wildman–Crippen LogP) is 15.5. The van der Waals surface area contributed by atoms with Gasteiger partial charge in [-0.15, -0.1) is 0 Å². The Morgan fingerprint density at radius 3 is 1.20 bits per heavy atom. The summed E-state index contributed by atoms with van der Waals surface area (Å²) in [6.45, 7) is 3.99. The highest BCUT2D eigenvalue weighted by Crippen LogP contribution is 2.18. The lowest BCUT2D eigenvalue weighted by Gasteiger charge is -2.18. The summed E-state index contributed by atoms with van der Waals surface area (Å²) in [6.07, 6.45) is 69.3. The van der Waals surface area contributed by atoms with Crippen molar-refractivity contribution in [2.75, 3.05) is 6.54 Å². The van der Waals surface area contributed by atoms with Gasteiger partial charge in [0.05, 0.1) is 0 Å². The number of allylic oxidation sites excluding steroid dienone is 18. The van der Waals surface area contributed by atoms with Crippen molar-refractivity contribution >= 4 is 17.8 Å². The fraction of sp³-hybridized carbons (Fsp3) is 0.611. The molecule has 0 rings (SSSR count). The number of aliphatic carboxylic acids is 1. The molecule has 2 N–H and O–H groups in total. The third-order valence-corrected chi connectivity index (χ3v) is 9.94. The molecular formula is C54H87NO5. The van der Waals surface area contributed by atoms with Crippen molar-refractivity contribution in [2.45, 2.75) is 206 Å². The molecule has 1 unspecified atom stereocenters. The molecule has 0 fully saturated rings. The Bertz CT molecular complexity index is 1280. The lowest BCUT2D eigenvalue weighted by molar-refractivity contribution is -0.150. The lowest BCUT2D eigenvalue weighted by atomic mass is 10.0. The molecule has 0 saturated carbocycles. The Labute approximate surface area is 368 Å². The molecule has 6 nitrogen and oxygen atoms in total. The number of hydrogen-bond acceptors (Lipinski definition) is 4. The zero-order valence-electron chi connectivity index (χ0n) is 38.3. The summed E-state index contributed by atoms with van der Waals surface area (Å²) in [7, 11) is 0. The summed E-state index contributed by atoms with van der Waals surface area (Å²) in [5, 5.41) is 11.1. The fourth-order valence-electron chi connectivity index (χ4n) is 6.47. The predicted molar refractivity (Wildman–Crippen MR) is 258 cm³/mol. The van der Waals surface area contributed by atoms with Crippen molar-refractivity contribution in [3.63, 3.8) is 0 Å². The van der Waals surface area contributed by atoms with E-state index in [9.17, 15) is 14.4 Å². The number of nitrogens with one attached hydrogen (secondary N) is 1. The van der Waals surface area contributed by atoms with Crippen molar-refractivity contribution < 1.29 is 24.2 Å². The number of carboxylic acids is 1. The largest absolute Gasteiger partial charge is 0.480 e. The van der Waals surface area contributed by atoms with Gasteiger partial charge in [0.25, 0.3) is 0 Å². The average Bonchev–Trinajstić information content (AvgIpc) is 3.24. The number of esters is 1. The van der Waals surface area contributed by atoms with Crippen molar-refractivity contribution in [3.8, 4) is 0 Å². The molecule has 1 atom stereocenters. The number of amides is 1. The van der Waals surface area contributed by atoms with E-state index in [1.807, 2.05) is 0 Å². The van der Waals surface area contributed by atoms with Gasteiger partial charge in [-0.3, -0.25) is 14.4 Å². The minimum absolute atomic E-state index is 0.0281. The quantitative estimate of drug-likeness (QED) is 0.0363. The van der Waals surface area contributed by atoms with Gasteiger partial charge < -0.3 is 15.2 Å². The third-order valence-electron chi connectivity index (χ3n) is 9.94. The molecule has 0 heterocycles. The maximum Gasteiger partial charge on any atom is 0.322 e. The van der Waals surface area contributed by atoms with Crippen molar-refractivity contribution in [2.24, 2.45) is 0 Å². The molecule has 0 bridgehead atoms. The topological polar surface area (TPSA) is 92.7 Å². The van der Waals surface area contributed by atoms with Crippen LogP contribution < -0.4 is 5.32 Å². The molecule has 338 valence electrons. The molecule has 0 aromatic heterocycles. The number of carboxylic acid groups (broad SMARTS) is 1. The van der Waals surface area contributed by atoms with Gasteiger partial charge >= 0.3 is 11.9 Å². The van der Waals surface area contributed by atoms with Crippen molar-refractivity contribution in [1.82, 2.24) is 5.32 Å². The maximum atomic E-state index is 12.8. The zero-order valence-corrected chi connectivity index (χ0v) is 38.3. The molecule has 0 radical (unpaired) electrons. The second kappa shape index (κ2) is 47.7. The highest BCUT2D eigenvalue weighted by molar-refractivity contribution is 5.80. The molecule has 0 aromatic rings. The van der Waals surface area contributed by atoms with Gasteiger partial charge in [0.15, 0.2) is 0 Å². The van der Waals surface area contributed by atoms with Crippen LogP contribution in [0.5, 0.6) is 0 Å². The first-order chi connectivity index (χ1) is 29.5. The fourth-order valence-corrected chi connectivity index (χ4v) is 6.47. The van der Waals surface area contributed by atoms with Crippen LogP contribution in [0.4, 0.5) is 0 Å². The summed E-state index contributed by atoms with van der Waals surface area (Å²) >= 11 is 0. The van der Waals surface area contributed by atoms with Gasteiger partial charge in [0, 0.05) is 12.8 Å². The Morgan fingerprint density at radius 1 is 0.433 bits per heavy atom. The Balaban J connectivity index is 4.24. The van der Waals surface area contributed by atoms with Gasteiger partial charge in [-0.2, -0.15) is 0 Å². The summed E-state index contributed by atoms with van der Waals surface area (Å²) < 4.78 is 6.03. The highest BCUT2D eigenvalue weighted by atomic mass is 16.5. The van der Waals surface area contributed by atoms with E-state index in [0.717, 1.165) is 141 Å². The maximum absolute atomic E-state index is 12.8. The van der Waals surface area contributed by atoms with Gasteiger partial charge in [-0.25, -0.2) is 0 Å². The number of carbonyl (C=O) groups is 3. The summed E-state index contributed by atoms with van der Waals surface area (Å²) in [5.74, 6) is -1.28. The highest BCUT2D eigenvalue weighted by Gasteiger charge is 2.14. The van der Waals surface area contributed by atoms with E-state index >= 15 is 0 Å². The molecule has 6 heteroatoms. The molecule has 0 saturated heterocycles. The number of ether oxygens (including phenoxy) is 1. The van der Waals surface area contributed by atoms with Crippen LogP contribution in [-0.4, -0.2) is 35.6 Å². The monoisotopic (exact) mass is 830 g/mol. The number of unbranched alkanes of at least 4 members (excludes halogenated alkanes) is 13. The molecule has 0 aliphatic heterocycles. The van der Waals surface area contributed by atoms with E-state index in [1.165, 1.54) is 32.1 Å². The van der Waals surface area contributed by atoms with E-state index in [2.05, 4.69) is 129 Å². The van der Waals surface area contributed by atoms with E-state index in [4.69, 9.17) is 9.84 Å². The van der Waals surface area contributed by atoms with Crippen LogP contribution in [-0.2, 0) is 19.1 Å². The summed E-state index contributed by atoms with van der Waals surface area (Å²) in [4.78, 5) is 35.2. The molecule has 0 aromatic carbocycles. The average molecular weight is 830 g/mol. The van der Waals surface area contributed by atoms with Crippen LogP contribution in [0.15, 0.2) is 109 Å². The molecule has 0 aliphatic rings. The van der Waals surface area contributed by atoms with Crippen LogP contribution in [0.1, 0.15) is 200 Å². The number of carbonyl (C=O) groups excluding carboxylic acids is 2. The van der Waals surface area contributed by atoms with E-state index in [1.54, 1.807) is 0 Å². The van der Waals surface area contributed by atoms with Crippen LogP contribution in [0.2, 0.25) is 0 Å². The van der Waals surface area contributed by atoms with Crippen LogP contribution >= 0.6 is 0 Å². The SMILES string of the molecule is CC/C=C\C/C=C\C/C=C\C/C=C\C/C=C\CCCCCCCCCC(=O)OC(CCCC/C=C\C/C=C\C/C=C\C/C=C\CC)CCCCCCCC(=O)NCC(=O)O. The normalized spacial score (nSPS) is 13.1. The van der Waals surface area contributed by atoms with Gasteiger partial charge in [0.2, 0.25) is 5.91 Å². The van der Waals surface area contributed by atoms with Crippen LogP contribution in [0.25, 0.3) is 0 Å². The minimum Gasteiger partial charge on any atom is -0.480 e. The first-order valence-electron chi connectivity index (χ1n) is 24.0. The summed E-state index contributed by atoms with van der Waals surface area (Å²) in [5.41, 5.74) is 0. The van der Waals surface area contributed by atoms with E-state index < -0.39 is 5.97 Å². The van der Waals surface area contributed by atoms with Crippen LogP contribution in [0, 0.1) is 0 Å². The third kappa shape index (κ3) is 46.8. The summed E-state index contributed by atoms with van der Waals surface area (Å²) in [6, 6.07) is 0. The van der Waals surface area contributed by atoms with Crippen molar-refractivity contribution in [3.05, 3.63) is 109 Å². The number of hydrogen-bond donors (Lipinski definition) is 2. The molecule has 0 spiro atoms. The lowest BCUT2D eigenvalue weighted by Crippen LogP contribution is -2.28. The van der Waals surface area contributed by atoms with Gasteiger partial charge in [0.1, 0.15) is 12.6 Å². The molecule has 1 amide bonds. The Kier molecular flexibility index (Phi) is 44.6. The van der Waals surface area contributed by atoms with E-state index in [-0.39, 0.29) is 24.5 Å². The van der Waals surface area contributed by atoms with Gasteiger partial charge in [-0.1, -0.05) is 175 Å². The Morgan fingerprint density at radius 2 is 0.767 bits per heavy atom. The first-order valence-corrected chi connectivity index (χ1v) is 24.0. The zero-order chi connectivity index (χ0) is 43.7. The second-order valence-corrected chi connectivity index (χ2v) is 15.6. The Hall–Kier alpha value is -3.93. The molecular weight excluding hydrogens is 743 g/mol. The second-order valence-electron chi connectivity index (χ2n) is 15.6. The smallest absolute Gasteiger partial charge is 0.322 e. The molecule has 0 aliphatic carbocycles. The van der Waals surface area contributed by atoms with Gasteiger partial charge in [-0.05, 0) is 122 Å². The first kappa shape index (κ1) is 56.1.